The predicted molar refractivity (Wildman–Crippen MR) is 93.8 cm³/mol. The van der Waals surface area contributed by atoms with E-state index in [4.69, 9.17) is 4.74 Å². The first-order chi connectivity index (χ1) is 10.2. The molecule has 0 spiro atoms. The van der Waals surface area contributed by atoms with Crippen LogP contribution < -0.4 is 5.32 Å². The fraction of sp³-hybridized carbons (Fsp3) is 0.118. The highest BCUT2D eigenvalue weighted by molar-refractivity contribution is 14.1. The lowest BCUT2D eigenvalue weighted by Crippen LogP contribution is -2.05. The molecular formula is C17H16INO2. The number of rotatable bonds is 5. The molecule has 0 aliphatic carbocycles. The average Bonchev–Trinajstić information content (AvgIpc) is 2.49. The van der Waals surface area contributed by atoms with Gasteiger partial charge in [-0.05, 0) is 59.3 Å². The molecule has 2 aromatic rings. The van der Waals surface area contributed by atoms with Gasteiger partial charge in [0.05, 0.1) is 12.3 Å². The van der Waals surface area contributed by atoms with Gasteiger partial charge in [-0.15, -0.1) is 0 Å². The number of hydrogen-bond acceptors (Lipinski definition) is 3. The number of ether oxygens (including phenoxy) is 1. The number of esters is 1. The molecule has 0 radical (unpaired) electrons. The normalized spacial score (nSPS) is 11.0. The number of anilines is 1. The topological polar surface area (TPSA) is 38.3 Å². The summed E-state index contributed by atoms with van der Waals surface area (Å²) in [6.45, 7) is 2.15. The summed E-state index contributed by atoms with van der Waals surface area (Å²) in [7, 11) is 0. The Bertz CT molecular complexity index is 621. The minimum Gasteiger partial charge on any atom is -0.463 e. The van der Waals surface area contributed by atoms with Crippen molar-refractivity contribution in [1.82, 2.24) is 0 Å². The second kappa shape index (κ2) is 7.83. The van der Waals surface area contributed by atoms with Crippen molar-refractivity contribution >= 4 is 39.9 Å². The van der Waals surface area contributed by atoms with E-state index in [0.29, 0.717) is 6.61 Å². The van der Waals surface area contributed by atoms with Crippen molar-refractivity contribution in [2.45, 2.75) is 6.92 Å². The molecule has 0 amide bonds. The average molecular weight is 393 g/mol. The Morgan fingerprint density at radius 3 is 2.43 bits per heavy atom. The summed E-state index contributed by atoms with van der Waals surface area (Å²) in [5.41, 5.74) is 2.58. The number of carbonyl (C=O) groups excluding carboxylic acids is 1. The summed E-state index contributed by atoms with van der Waals surface area (Å²) in [5, 5.41) is 3.26. The Kier molecular flexibility index (Phi) is 5.80. The summed E-state index contributed by atoms with van der Waals surface area (Å²) in [5.74, 6) is -0.352. The van der Waals surface area contributed by atoms with Crippen LogP contribution in [0.3, 0.4) is 0 Å². The van der Waals surface area contributed by atoms with Crippen molar-refractivity contribution in [3.8, 4) is 0 Å². The highest BCUT2D eigenvalue weighted by Crippen LogP contribution is 2.19. The summed E-state index contributed by atoms with van der Waals surface area (Å²) in [4.78, 5) is 11.7. The lowest BCUT2D eigenvalue weighted by molar-refractivity contribution is -0.137. The molecule has 0 aromatic heterocycles. The zero-order chi connectivity index (χ0) is 15.1. The summed E-state index contributed by atoms with van der Waals surface area (Å²) < 4.78 is 6.14. The van der Waals surface area contributed by atoms with Gasteiger partial charge >= 0.3 is 5.97 Å². The van der Waals surface area contributed by atoms with E-state index >= 15 is 0 Å². The van der Waals surface area contributed by atoms with Gasteiger partial charge in [-0.3, -0.25) is 0 Å². The van der Waals surface area contributed by atoms with E-state index in [0.717, 1.165) is 20.5 Å². The monoisotopic (exact) mass is 393 g/mol. The zero-order valence-corrected chi connectivity index (χ0v) is 13.8. The molecule has 0 aliphatic heterocycles. The van der Waals surface area contributed by atoms with Gasteiger partial charge in [-0.1, -0.05) is 30.3 Å². The molecule has 0 aliphatic rings. The van der Waals surface area contributed by atoms with Gasteiger partial charge in [-0.25, -0.2) is 4.79 Å². The van der Waals surface area contributed by atoms with Crippen molar-refractivity contribution in [3.63, 3.8) is 0 Å². The van der Waals surface area contributed by atoms with E-state index in [2.05, 4.69) is 27.9 Å². The summed E-state index contributed by atoms with van der Waals surface area (Å²) in [6, 6.07) is 17.7. The Morgan fingerprint density at radius 2 is 1.81 bits per heavy atom. The maximum atomic E-state index is 11.7. The van der Waals surface area contributed by atoms with Crippen LogP contribution in [0.2, 0.25) is 0 Å². The molecular weight excluding hydrogens is 377 g/mol. The van der Waals surface area contributed by atoms with Crippen molar-refractivity contribution in [3.05, 3.63) is 69.8 Å². The molecule has 1 N–H and O–H groups in total. The fourth-order valence-electron chi connectivity index (χ4n) is 1.80. The Morgan fingerprint density at radius 1 is 1.14 bits per heavy atom. The van der Waals surface area contributed by atoms with Crippen LogP contribution in [0.25, 0.3) is 5.70 Å². The molecule has 0 fully saturated rings. The summed E-state index contributed by atoms with van der Waals surface area (Å²) in [6.07, 6.45) is 1.48. The van der Waals surface area contributed by atoms with Gasteiger partial charge in [0.15, 0.2) is 0 Å². The first-order valence-corrected chi connectivity index (χ1v) is 7.73. The second-order valence-electron chi connectivity index (χ2n) is 4.31. The highest BCUT2D eigenvalue weighted by atomic mass is 127. The summed E-state index contributed by atoms with van der Waals surface area (Å²) >= 11 is 2.25. The lowest BCUT2D eigenvalue weighted by atomic mass is 10.1. The van der Waals surface area contributed by atoms with E-state index in [1.165, 1.54) is 6.08 Å². The molecule has 21 heavy (non-hydrogen) atoms. The van der Waals surface area contributed by atoms with E-state index in [1.54, 1.807) is 6.92 Å². The molecule has 0 bridgehead atoms. The van der Waals surface area contributed by atoms with Crippen LogP contribution in [-0.2, 0) is 9.53 Å². The molecule has 108 valence electrons. The lowest BCUT2D eigenvalue weighted by Gasteiger charge is -2.11. The molecule has 2 rings (SSSR count). The third-order valence-electron chi connectivity index (χ3n) is 2.76. The van der Waals surface area contributed by atoms with Crippen LogP contribution in [0, 0.1) is 3.57 Å². The molecule has 0 atom stereocenters. The number of nitrogens with one attached hydrogen (secondary N) is 1. The third kappa shape index (κ3) is 4.90. The molecule has 0 heterocycles. The van der Waals surface area contributed by atoms with Crippen molar-refractivity contribution in [2.24, 2.45) is 0 Å². The largest absolute Gasteiger partial charge is 0.463 e. The third-order valence-corrected chi connectivity index (χ3v) is 3.48. The maximum Gasteiger partial charge on any atom is 0.332 e. The van der Waals surface area contributed by atoms with Gasteiger partial charge < -0.3 is 10.1 Å². The predicted octanol–water partition coefficient (Wildman–Crippen LogP) is 4.31. The number of para-hydroxylation sites is 1. The molecule has 0 unspecified atom stereocenters. The van der Waals surface area contributed by atoms with Gasteiger partial charge in [-0.2, -0.15) is 0 Å². The van der Waals surface area contributed by atoms with Crippen LogP contribution in [0.5, 0.6) is 0 Å². The van der Waals surface area contributed by atoms with Crippen molar-refractivity contribution in [2.75, 3.05) is 11.9 Å². The molecule has 2 aromatic carbocycles. The van der Waals surface area contributed by atoms with Crippen LogP contribution in [-0.4, -0.2) is 12.6 Å². The van der Waals surface area contributed by atoms with E-state index in [-0.39, 0.29) is 5.97 Å². The van der Waals surface area contributed by atoms with Gasteiger partial charge in [0.25, 0.3) is 0 Å². The van der Waals surface area contributed by atoms with E-state index in [9.17, 15) is 4.79 Å². The first-order valence-electron chi connectivity index (χ1n) is 6.65. The Balaban J connectivity index is 2.30. The van der Waals surface area contributed by atoms with Gasteiger partial charge in [0, 0.05) is 15.3 Å². The minimum atomic E-state index is -0.352. The Hall–Kier alpha value is -1.82. The molecule has 0 saturated heterocycles. The molecule has 4 heteroatoms. The van der Waals surface area contributed by atoms with Crippen LogP contribution >= 0.6 is 22.6 Å². The first kappa shape index (κ1) is 15.6. The van der Waals surface area contributed by atoms with Crippen molar-refractivity contribution < 1.29 is 9.53 Å². The number of hydrogen-bond donors (Lipinski definition) is 1. The minimum absolute atomic E-state index is 0.352. The standard InChI is InChI=1S/C17H16INO2/c1-2-21-17(20)12-16(13-8-10-14(18)11-9-13)19-15-6-4-3-5-7-15/h3-12,19H,2H2,1H3/b16-12-. The highest BCUT2D eigenvalue weighted by Gasteiger charge is 2.06. The van der Waals surface area contributed by atoms with Crippen LogP contribution in [0.15, 0.2) is 60.7 Å². The number of benzene rings is 2. The second-order valence-corrected chi connectivity index (χ2v) is 5.55. The smallest absolute Gasteiger partial charge is 0.332 e. The van der Waals surface area contributed by atoms with Crippen molar-refractivity contribution in [1.29, 1.82) is 0 Å². The van der Waals surface area contributed by atoms with Gasteiger partial charge in [0.2, 0.25) is 0 Å². The van der Waals surface area contributed by atoms with Crippen LogP contribution in [0.4, 0.5) is 5.69 Å². The SMILES string of the molecule is CCOC(=O)/C=C(\Nc1ccccc1)c1ccc(I)cc1. The van der Waals surface area contributed by atoms with E-state index < -0.39 is 0 Å². The Labute approximate surface area is 138 Å². The van der Waals surface area contributed by atoms with Gasteiger partial charge in [0.1, 0.15) is 0 Å². The molecule has 0 saturated carbocycles. The maximum absolute atomic E-state index is 11.7. The quantitative estimate of drug-likeness (QED) is 0.468. The fourth-order valence-corrected chi connectivity index (χ4v) is 2.16. The van der Waals surface area contributed by atoms with E-state index in [1.807, 2.05) is 54.6 Å². The number of carbonyl (C=O) groups is 1. The number of halogens is 1. The van der Waals surface area contributed by atoms with Crippen LogP contribution in [0.1, 0.15) is 12.5 Å². The molecule has 3 nitrogen and oxygen atoms in total. The zero-order valence-electron chi connectivity index (χ0n) is 11.7.